The van der Waals surface area contributed by atoms with Crippen molar-refractivity contribution >= 4 is 0 Å². The van der Waals surface area contributed by atoms with Gasteiger partial charge in [0, 0.05) is 0 Å². The third-order valence-electron chi connectivity index (χ3n) is 3.02. The number of halogens is 1. The van der Waals surface area contributed by atoms with Crippen LogP contribution in [0.2, 0.25) is 0 Å². The Hall–Kier alpha value is -0.850. The Morgan fingerprint density at radius 3 is 2.54 bits per heavy atom. The molecule has 1 saturated carbocycles. The minimum Gasteiger partial charge on any atom is -0.207 e. The summed E-state index contributed by atoms with van der Waals surface area (Å²) in [6.45, 7) is 1.81. The summed E-state index contributed by atoms with van der Waals surface area (Å²) in [5.74, 6) is 0.569. The molecule has 0 spiro atoms. The summed E-state index contributed by atoms with van der Waals surface area (Å²) in [5, 5.41) is 0. The molecule has 0 aromatic heterocycles. The van der Waals surface area contributed by atoms with Crippen LogP contribution in [0.3, 0.4) is 0 Å². The molecule has 0 bridgehead atoms. The first kappa shape index (κ1) is 8.74. The van der Waals surface area contributed by atoms with E-state index in [1.165, 1.54) is 31.2 Å². The third-order valence-corrected chi connectivity index (χ3v) is 3.02. The van der Waals surface area contributed by atoms with Gasteiger partial charge in [-0.3, -0.25) is 0 Å². The molecule has 0 amide bonds. The summed E-state index contributed by atoms with van der Waals surface area (Å²) in [6.07, 6.45) is 5.09. The van der Waals surface area contributed by atoms with Crippen LogP contribution in [0.1, 0.15) is 42.7 Å². The fraction of sp³-hybridized carbons (Fsp3) is 0.500. The highest BCUT2D eigenvalue weighted by atomic mass is 19.1. The highest BCUT2D eigenvalue weighted by Crippen LogP contribution is 2.34. The molecule has 0 heterocycles. The topological polar surface area (TPSA) is 0 Å². The van der Waals surface area contributed by atoms with Gasteiger partial charge in [0.2, 0.25) is 0 Å². The Kier molecular flexibility index (Phi) is 2.34. The molecule has 1 aromatic rings. The van der Waals surface area contributed by atoms with E-state index in [9.17, 15) is 4.39 Å². The van der Waals surface area contributed by atoms with Crippen molar-refractivity contribution in [2.75, 3.05) is 0 Å². The summed E-state index contributed by atoms with van der Waals surface area (Å²) < 4.78 is 13.2. The minimum absolute atomic E-state index is 0.0515. The molecule has 0 radical (unpaired) electrons. The molecular formula is C12H15F. The van der Waals surface area contributed by atoms with Crippen LogP contribution in [0.25, 0.3) is 0 Å². The summed E-state index contributed by atoms with van der Waals surface area (Å²) >= 11 is 0. The van der Waals surface area contributed by atoms with Crippen molar-refractivity contribution in [3.8, 4) is 0 Å². The number of hydrogen-bond acceptors (Lipinski definition) is 0. The predicted octanol–water partition coefficient (Wildman–Crippen LogP) is 3.79. The molecule has 0 saturated heterocycles. The second-order valence-corrected chi connectivity index (χ2v) is 3.99. The first-order valence-electron chi connectivity index (χ1n) is 5.03. The van der Waals surface area contributed by atoms with Gasteiger partial charge in [-0.05, 0) is 42.9 Å². The van der Waals surface area contributed by atoms with E-state index in [2.05, 4.69) is 6.07 Å². The molecule has 0 aliphatic heterocycles. The van der Waals surface area contributed by atoms with Gasteiger partial charge in [0.25, 0.3) is 0 Å². The summed E-state index contributed by atoms with van der Waals surface area (Å²) in [7, 11) is 0. The third kappa shape index (κ3) is 1.74. The highest BCUT2D eigenvalue weighted by Gasteiger charge is 2.17. The van der Waals surface area contributed by atoms with E-state index in [0.29, 0.717) is 5.92 Å². The molecule has 1 aliphatic rings. The lowest BCUT2D eigenvalue weighted by molar-refractivity contribution is 0.610. The number of hydrogen-bond donors (Lipinski definition) is 0. The van der Waals surface area contributed by atoms with Gasteiger partial charge in [-0.1, -0.05) is 25.0 Å². The van der Waals surface area contributed by atoms with Gasteiger partial charge in [0.05, 0.1) is 0 Å². The zero-order valence-electron chi connectivity index (χ0n) is 8.02. The van der Waals surface area contributed by atoms with Crippen LogP contribution in [-0.2, 0) is 0 Å². The van der Waals surface area contributed by atoms with E-state index in [1.807, 2.05) is 13.0 Å². The predicted molar refractivity (Wildman–Crippen MR) is 52.3 cm³/mol. The van der Waals surface area contributed by atoms with Crippen LogP contribution in [0.5, 0.6) is 0 Å². The molecule has 1 heteroatoms. The van der Waals surface area contributed by atoms with Gasteiger partial charge in [0.1, 0.15) is 5.82 Å². The minimum atomic E-state index is -0.0515. The smallest absolute Gasteiger partial charge is 0.126 e. The fourth-order valence-corrected chi connectivity index (χ4v) is 2.12. The van der Waals surface area contributed by atoms with Crippen molar-refractivity contribution in [3.63, 3.8) is 0 Å². The van der Waals surface area contributed by atoms with Crippen molar-refractivity contribution in [2.45, 2.75) is 38.5 Å². The molecule has 0 N–H and O–H groups in total. The Balaban J connectivity index is 2.25. The largest absolute Gasteiger partial charge is 0.207 e. The molecule has 70 valence electrons. The van der Waals surface area contributed by atoms with Crippen LogP contribution < -0.4 is 0 Å². The molecule has 1 fully saturated rings. The van der Waals surface area contributed by atoms with Crippen molar-refractivity contribution in [1.29, 1.82) is 0 Å². The molecule has 1 aromatic carbocycles. The lowest BCUT2D eigenvalue weighted by Crippen LogP contribution is -1.94. The molecular weight excluding hydrogens is 163 g/mol. The van der Waals surface area contributed by atoms with E-state index in [-0.39, 0.29) is 5.82 Å². The normalized spacial score (nSPS) is 18.0. The van der Waals surface area contributed by atoms with Crippen LogP contribution >= 0.6 is 0 Å². The maximum Gasteiger partial charge on any atom is 0.126 e. The van der Waals surface area contributed by atoms with Crippen LogP contribution in [0.4, 0.5) is 4.39 Å². The van der Waals surface area contributed by atoms with E-state index in [1.54, 1.807) is 6.07 Å². The standard InChI is InChI=1S/C12H15F/c1-9-6-7-11(8-12(9)13)10-4-2-3-5-10/h6-8,10H,2-5H2,1H3. The molecule has 0 unspecified atom stereocenters. The van der Waals surface area contributed by atoms with Gasteiger partial charge in [-0.25, -0.2) is 4.39 Å². The first-order chi connectivity index (χ1) is 6.27. The molecule has 2 rings (SSSR count). The molecule has 0 atom stereocenters. The van der Waals surface area contributed by atoms with Crippen LogP contribution in [0, 0.1) is 12.7 Å². The summed E-state index contributed by atoms with van der Waals surface area (Å²) in [6, 6.07) is 5.68. The van der Waals surface area contributed by atoms with E-state index in [4.69, 9.17) is 0 Å². The second-order valence-electron chi connectivity index (χ2n) is 3.99. The number of aryl methyl sites for hydroxylation is 1. The highest BCUT2D eigenvalue weighted by molar-refractivity contribution is 5.26. The monoisotopic (exact) mass is 178 g/mol. The average Bonchev–Trinajstić information content (AvgIpc) is 2.62. The zero-order valence-corrected chi connectivity index (χ0v) is 8.02. The lowest BCUT2D eigenvalue weighted by atomic mass is 9.97. The zero-order chi connectivity index (χ0) is 9.26. The summed E-state index contributed by atoms with van der Waals surface area (Å²) in [4.78, 5) is 0. The Morgan fingerprint density at radius 1 is 1.23 bits per heavy atom. The van der Waals surface area contributed by atoms with Crippen molar-refractivity contribution < 1.29 is 4.39 Å². The van der Waals surface area contributed by atoms with Gasteiger partial charge in [0.15, 0.2) is 0 Å². The van der Waals surface area contributed by atoms with E-state index < -0.39 is 0 Å². The first-order valence-corrected chi connectivity index (χ1v) is 5.03. The van der Waals surface area contributed by atoms with E-state index >= 15 is 0 Å². The lowest BCUT2D eigenvalue weighted by Gasteiger charge is -2.09. The van der Waals surface area contributed by atoms with Crippen LogP contribution in [-0.4, -0.2) is 0 Å². The van der Waals surface area contributed by atoms with Gasteiger partial charge >= 0.3 is 0 Å². The number of rotatable bonds is 1. The Labute approximate surface area is 78.8 Å². The Bertz CT molecular complexity index is 298. The maximum absolute atomic E-state index is 13.2. The van der Waals surface area contributed by atoms with Crippen molar-refractivity contribution in [2.24, 2.45) is 0 Å². The average molecular weight is 178 g/mol. The van der Waals surface area contributed by atoms with Gasteiger partial charge < -0.3 is 0 Å². The number of benzene rings is 1. The van der Waals surface area contributed by atoms with Gasteiger partial charge in [-0.15, -0.1) is 0 Å². The van der Waals surface area contributed by atoms with Gasteiger partial charge in [-0.2, -0.15) is 0 Å². The summed E-state index contributed by atoms with van der Waals surface area (Å²) in [5.41, 5.74) is 1.95. The van der Waals surface area contributed by atoms with Crippen molar-refractivity contribution in [3.05, 3.63) is 35.1 Å². The maximum atomic E-state index is 13.2. The second kappa shape index (κ2) is 3.49. The van der Waals surface area contributed by atoms with Crippen molar-refractivity contribution in [1.82, 2.24) is 0 Å². The van der Waals surface area contributed by atoms with E-state index in [0.717, 1.165) is 5.56 Å². The fourth-order valence-electron chi connectivity index (χ4n) is 2.12. The SMILES string of the molecule is Cc1ccc(C2CCCC2)cc1F. The van der Waals surface area contributed by atoms with Crippen LogP contribution in [0.15, 0.2) is 18.2 Å². The molecule has 0 nitrogen and oxygen atoms in total. The Morgan fingerprint density at radius 2 is 1.92 bits per heavy atom. The molecule has 13 heavy (non-hydrogen) atoms. The quantitative estimate of drug-likeness (QED) is 0.613. The molecule has 1 aliphatic carbocycles.